The largest absolute Gasteiger partial charge is 0.504 e. The van der Waals surface area contributed by atoms with Crippen molar-refractivity contribution in [3.05, 3.63) is 17.2 Å². The first-order valence-electron chi connectivity index (χ1n) is 4.53. The standard InChI is InChI=1S/C11H14O3S/c1-6-5-9(13)10(14-8(3)12)7(2)11(6)15-4/h5,13H,1-4H3. The normalized spacial score (nSPS) is 10.1. The van der Waals surface area contributed by atoms with E-state index in [9.17, 15) is 9.90 Å². The lowest BCUT2D eigenvalue weighted by atomic mass is 10.1. The van der Waals surface area contributed by atoms with Crippen LogP contribution in [0.25, 0.3) is 0 Å². The van der Waals surface area contributed by atoms with E-state index in [4.69, 9.17) is 4.74 Å². The summed E-state index contributed by atoms with van der Waals surface area (Å²) in [4.78, 5) is 11.9. The minimum atomic E-state index is -0.427. The van der Waals surface area contributed by atoms with Crippen LogP contribution in [0, 0.1) is 13.8 Å². The predicted molar refractivity (Wildman–Crippen MR) is 60.7 cm³/mol. The molecule has 0 aliphatic heterocycles. The van der Waals surface area contributed by atoms with E-state index in [1.165, 1.54) is 6.92 Å². The maximum atomic E-state index is 10.9. The molecule has 0 fully saturated rings. The van der Waals surface area contributed by atoms with Crippen molar-refractivity contribution in [1.29, 1.82) is 0 Å². The quantitative estimate of drug-likeness (QED) is 0.478. The second-order valence-corrected chi connectivity index (χ2v) is 4.11. The van der Waals surface area contributed by atoms with Gasteiger partial charge >= 0.3 is 5.97 Å². The fourth-order valence-electron chi connectivity index (χ4n) is 1.51. The van der Waals surface area contributed by atoms with Crippen molar-refractivity contribution in [2.24, 2.45) is 0 Å². The molecular weight excluding hydrogens is 212 g/mol. The molecule has 4 heteroatoms. The summed E-state index contributed by atoms with van der Waals surface area (Å²) in [5.41, 5.74) is 1.78. The lowest BCUT2D eigenvalue weighted by Crippen LogP contribution is -2.04. The number of aryl methyl sites for hydroxylation is 1. The second kappa shape index (κ2) is 4.57. The number of hydrogen-bond donors (Lipinski definition) is 1. The first-order valence-corrected chi connectivity index (χ1v) is 5.75. The Morgan fingerprint density at radius 3 is 2.53 bits per heavy atom. The molecule has 0 spiro atoms. The summed E-state index contributed by atoms with van der Waals surface area (Å²) in [7, 11) is 0. The highest BCUT2D eigenvalue weighted by molar-refractivity contribution is 7.98. The van der Waals surface area contributed by atoms with Crippen molar-refractivity contribution >= 4 is 17.7 Å². The van der Waals surface area contributed by atoms with Crippen molar-refractivity contribution in [3.63, 3.8) is 0 Å². The number of esters is 1. The monoisotopic (exact) mass is 226 g/mol. The number of hydrogen-bond acceptors (Lipinski definition) is 4. The molecule has 0 aliphatic rings. The third-order valence-corrected chi connectivity index (χ3v) is 3.11. The van der Waals surface area contributed by atoms with Gasteiger partial charge in [0.15, 0.2) is 11.5 Å². The van der Waals surface area contributed by atoms with Gasteiger partial charge in [0.2, 0.25) is 0 Å². The van der Waals surface area contributed by atoms with Gasteiger partial charge in [0.25, 0.3) is 0 Å². The van der Waals surface area contributed by atoms with Gasteiger partial charge in [-0.25, -0.2) is 0 Å². The maximum Gasteiger partial charge on any atom is 0.308 e. The van der Waals surface area contributed by atoms with E-state index >= 15 is 0 Å². The van der Waals surface area contributed by atoms with E-state index in [2.05, 4.69) is 0 Å². The predicted octanol–water partition coefficient (Wildman–Crippen LogP) is 2.66. The van der Waals surface area contributed by atoms with Gasteiger partial charge < -0.3 is 9.84 Å². The van der Waals surface area contributed by atoms with E-state index in [0.717, 1.165) is 16.0 Å². The third kappa shape index (κ3) is 2.45. The van der Waals surface area contributed by atoms with Crippen LogP contribution in [-0.4, -0.2) is 17.3 Å². The molecule has 1 aromatic rings. The van der Waals surface area contributed by atoms with Crippen LogP contribution in [0.15, 0.2) is 11.0 Å². The number of carbonyl (C=O) groups is 1. The third-order valence-electron chi connectivity index (χ3n) is 2.08. The molecule has 0 bridgehead atoms. The number of aromatic hydroxyl groups is 1. The Morgan fingerprint density at radius 2 is 2.07 bits per heavy atom. The highest BCUT2D eigenvalue weighted by atomic mass is 32.2. The minimum Gasteiger partial charge on any atom is -0.504 e. The van der Waals surface area contributed by atoms with Crippen LogP contribution in [0.5, 0.6) is 11.5 Å². The van der Waals surface area contributed by atoms with Crippen molar-refractivity contribution in [3.8, 4) is 11.5 Å². The number of phenols is 1. The van der Waals surface area contributed by atoms with Crippen molar-refractivity contribution < 1.29 is 14.6 Å². The van der Waals surface area contributed by atoms with Gasteiger partial charge in [0.05, 0.1) is 0 Å². The molecule has 1 aromatic carbocycles. The summed E-state index contributed by atoms with van der Waals surface area (Å²) in [6.07, 6.45) is 1.95. The number of phenolic OH excluding ortho intramolecular Hbond substituents is 1. The van der Waals surface area contributed by atoms with Gasteiger partial charge in [-0.15, -0.1) is 11.8 Å². The van der Waals surface area contributed by atoms with Crippen LogP contribution in [0.4, 0.5) is 0 Å². The molecule has 0 unspecified atom stereocenters. The topological polar surface area (TPSA) is 46.5 Å². The van der Waals surface area contributed by atoms with E-state index in [1.54, 1.807) is 17.8 Å². The lowest BCUT2D eigenvalue weighted by molar-refractivity contribution is -0.132. The smallest absolute Gasteiger partial charge is 0.308 e. The Kier molecular flexibility index (Phi) is 3.63. The molecule has 0 amide bonds. The van der Waals surface area contributed by atoms with Gasteiger partial charge in [-0.2, -0.15) is 0 Å². The average Bonchev–Trinajstić information content (AvgIpc) is 2.12. The Labute approximate surface area is 93.4 Å². The summed E-state index contributed by atoms with van der Waals surface area (Å²) < 4.78 is 4.97. The van der Waals surface area contributed by atoms with E-state index in [0.29, 0.717) is 0 Å². The summed E-state index contributed by atoms with van der Waals surface area (Å²) in [6.45, 7) is 5.06. The fourth-order valence-corrected chi connectivity index (χ4v) is 2.29. The highest BCUT2D eigenvalue weighted by Gasteiger charge is 2.14. The van der Waals surface area contributed by atoms with Crippen molar-refractivity contribution in [1.82, 2.24) is 0 Å². The minimum absolute atomic E-state index is 0.0120. The fraction of sp³-hybridized carbons (Fsp3) is 0.364. The molecule has 1 rings (SSSR count). The molecule has 0 radical (unpaired) electrons. The zero-order chi connectivity index (χ0) is 11.6. The van der Waals surface area contributed by atoms with Gasteiger partial charge in [0, 0.05) is 17.4 Å². The van der Waals surface area contributed by atoms with E-state index in [-0.39, 0.29) is 11.5 Å². The molecule has 0 aromatic heterocycles. The highest BCUT2D eigenvalue weighted by Crippen LogP contribution is 2.38. The van der Waals surface area contributed by atoms with Crippen LogP contribution in [0.1, 0.15) is 18.1 Å². The zero-order valence-electron chi connectivity index (χ0n) is 9.25. The summed E-state index contributed by atoms with van der Waals surface area (Å²) in [5.74, 6) is -0.153. The molecule has 3 nitrogen and oxygen atoms in total. The van der Waals surface area contributed by atoms with Crippen LogP contribution in [-0.2, 0) is 4.79 Å². The molecule has 0 heterocycles. The van der Waals surface area contributed by atoms with Gasteiger partial charge in [-0.05, 0) is 31.7 Å². The molecule has 15 heavy (non-hydrogen) atoms. The van der Waals surface area contributed by atoms with Crippen molar-refractivity contribution in [2.45, 2.75) is 25.7 Å². The molecule has 0 atom stereocenters. The van der Waals surface area contributed by atoms with Crippen LogP contribution in [0.2, 0.25) is 0 Å². The van der Waals surface area contributed by atoms with Gasteiger partial charge in [0.1, 0.15) is 0 Å². The Balaban J connectivity index is 3.32. The van der Waals surface area contributed by atoms with E-state index < -0.39 is 5.97 Å². The molecular formula is C11H14O3S. The lowest BCUT2D eigenvalue weighted by Gasteiger charge is -2.13. The molecule has 82 valence electrons. The molecule has 0 aliphatic carbocycles. The summed E-state index contributed by atoms with van der Waals surface area (Å²) in [5, 5.41) is 9.65. The number of thioether (sulfide) groups is 1. The Morgan fingerprint density at radius 1 is 1.47 bits per heavy atom. The van der Waals surface area contributed by atoms with Crippen molar-refractivity contribution in [2.75, 3.05) is 6.26 Å². The molecule has 0 saturated heterocycles. The number of carbonyl (C=O) groups excluding carboxylic acids is 1. The zero-order valence-corrected chi connectivity index (χ0v) is 10.1. The molecule has 1 N–H and O–H groups in total. The van der Waals surface area contributed by atoms with Gasteiger partial charge in [-0.3, -0.25) is 4.79 Å². The van der Waals surface area contributed by atoms with E-state index in [1.807, 2.05) is 20.1 Å². The Bertz CT molecular complexity index is 399. The summed E-state index contributed by atoms with van der Waals surface area (Å²) >= 11 is 1.57. The average molecular weight is 226 g/mol. The second-order valence-electron chi connectivity index (χ2n) is 3.29. The maximum absolute atomic E-state index is 10.9. The summed E-state index contributed by atoms with van der Waals surface area (Å²) in [6, 6.07) is 1.61. The first kappa shape index (κ1) is 11.9. The van der Waals surface area contributed by atoms with Crippen LogP contribution < -0.4 is 4.74 Å². The number of rotatable bonds is 2. The van der Waals surface area contributed by atoms with Crippen LogP contribution in [0.3, 0.4) is 0 Å². The first-order chi connectivity index (χ1) is 6.97. The van der Waals surface area contributed by atoms with Crippen LogP contribution >= 0.6 is 11.8 Å². The molecule has 0 saturated carbocycles. The SMILES string of the molecule is CSc1c(C)cc(O)c(OC(C)=O)c1C. The number of benzene rings is 1. The number of ether oxygens (including phenoxy) is 1. The van der Waals surface area contributed by atoms with Gasteiger partial charge in [-0.1, -0.05) is 0 Å². The Hall–Kier alpha value is -1.16.